The van der Waals surface area contributed by atoms with E-state index in [1.54, 1.807) is 42.9 Å². The predicted octanol–water partition coefficient (Wildman–Crippen LogP) is 3.16. The Hall–Kier alpha value is -3.74. The summed E-state index contributed by atoms with van der Waals surface area (Å²) < 4.78 is 7.62. The fraction of sp³-hybridized carbons (Fsp3) is 0.100. The van der Waals surface area contributed by atoms with Gasteiger partial charge in [0.1, 0.15) is 17.0 Å². The molecule has 0 atom stereocenters. The molecule has 0 saturated heterocycles. The molecule has 0 saturated carbocycles. The van der Waals surface area contributed by atoms with Crippen LogP contribution in [0.1, 0.15) is 21.6 Å². The number of hydrogen-bond donors (Lipinski definition) is 1. The molecule has 7 nitrogen and oxygen atoms in total. The van der Waals surface area contributed by atoms with Gasteiger partial charge in [0.05, 0.1) is 18.4 Å². The van der Waals surface area contributed by atoms with Crippen LogP contribution in [-0.4, -0.2) is 25.3 Å². The first-order valence-corrected chi connectivity index (χ1v) is 8.44. The lowest BCUT2D eigenvalue weighted by molar-refractivity contribution is 0.0947. The van der Waals surface area contributed by atoms with Gasteiger partial charge >= 0.3 is 0 Å². The Labute approximate surface area is 155 Å². The minimum absolute atomic E-state index is 0.230. The first-order chi connectivity index (χ1) is 13.2. The van der Waals surface area contributed by atoms with Gasteiger partial charge < -0.3 is 14.5 Å². The van der Waals surface area contributed by atoms with E-state index in [2.05, 4.69) is 20.3 Å². The zero-order valence-corrected chi connectivity index (χ0v) is 14.7. The maximum atomic E-state index is 12.6. The van der Waals surface area contributed by atoms with Crippen molar-refractivity contribution in [1.82, 2.24) is 24.7 Å². The number of ether oxygens (including phenoxy) is 1. The molecule has 4 aromatic rings. The summed E-state index contributed by atoms with van der Waals surface area (Å²) >= 11 is 0. The Morgan fingerprint density at radius 1 is 1.22 bits per heavy atom. The molecule has 0 radical (unpaired) electrons. The standard InChI is InChI=1S/C20H17N5O2/c1-14-6-9-25-13-15(24-18(25)10-14)11-23-19(26)17-5-3-8-22-20(17)27-16-4-2-7-21-12-16/h2-10,12-13H,11H2,1H3,(H,23,26). The van der Waals surface area contributed by atoms with E-state index in [0.717, 1.165) is 16.9 Å². The topological polar surface area (TPSA) is 81.4 Å². The summed E-state index contributed by atoms with van der Waals surface area (Å²) in [6.07, 6.45) is 8.63. The van der Waals surface area contributed by atoms with Crippen LogP contribution in [0.2, 0.25) is 0 Å². The Morgan fingerprint density at radius 3 is 2.96 bits per heavy atom. The number of aryl methyl sites for hydroxylation is 1. The average Bonchev–Trinajstić information content (AvgIpc) is 3.09. The van der Waals surface area contributed by atoms with Crippen LogP contribution < -0.4 is 10.1 Å². The number of carbonyl (C=O) groups excluding carboxylic acids is 1. The predicted molar refractivity (Wildman–Crippen MR) is 99.6 cm³/mol. The first kappa shape index (κ1) is 16.7. The highest BCUT2D eigenvalue weighted by atomic mass is 16.5. The van der Waals surface area contributed by atoms with Crippen LogP contribution in [0.5, 0.6) is 11.6 Å². The lowest BCUT2D eigenvalue weighted by atomic mass is 10.2. The molecule has 0 aromatic carbocycles. The monoisotopic (exact) mass is 359 g/mol. The molecule has 0 spiro atoms. The molecule has 4 aromatic heterocycles. The number of rotatable bonds is 5. The number of carbonyl (C=O) groups is 1. The molecule has 134 valence electrons. The van der Waals surface area contributed by atoms with Crippen molar-refractivity contribution >= 4 is 11.6 Å². The van der Waals surface area contributed by atoms with E-state index >= 15 is 0 Å². The van der Waals surface area contributed by atoms with Crippen molar-refractivity contribution in [2.24, 2.45) is 0 Å². The minimum Gasteiger partial charge on any atom is -0.437 e. The van der Waals surface area contributed by atoms with Gasteiger partial charge in [-0.2, -0.15) is 0 Å². The van der Waals surface area contributed by atoms with Crippen LogP contribution in [0.4, 0.5) is 0 Å². The SMILES string of the molecule is Cc1ccn2cc(CNC(=O)c3cccnc3Oc3cccnc3)nc2c1. The summed E-state index contributed by atoms with van der Waals surface area (Å²) in [5.74, 6) is 0.463. The molecule has 4 heterocycles. The third-order valence-electron chi connectivity index (χ3n) is 3.96. The lowest BCUT2D eigenvalue weighted by Gasteiger charge is -2.09. The van der Waals surface area contributed by atoms with Crippen LogP contribution in [0.25, 0.3) is 5.65 Å². The zero-order valence-electron chi connectivity index (χ0n) is 14.7. The van der Waals surface area contributed by atoms with Crippen LogP contribution in [-0.2, 0) is 6.54 Å². The van der Waals surface area contributed by atoms with Crippen LogP contribution >= 0.6 is 0 Å². The molecule has 1 N–H and O–H groups in total. The largest absolute Gasteiger partial charge is 0.437 e. The average molecular weight is 359 g/mol. The Balaban J connectivity index is 1.49. The van der Waals surface area contributed by atoms with Crippen molar-refractivity contribution in [3.05, 3.63) is 84.2 Å². The Bertz CT molecular complexity index is 1090. The molecule has 0 aliphatic carbocycles. The van der Waals surface area contributed by atoms with Gasteiger partial charge in [0.25, 0.3) is 5.91 Å². The van der Waals surface area contributed by atoms with E-state index in [-0.39, 0.29) is 11.8 Å². The number of fused-ring (bicyclic) bond motifs is 1. The number of nitrogens with zero attached hydrogens (tertiary/aromatic N) is 4. The van der Waals surface area contributed by atoms with E-state index in [4.69, 9.17) is 4.74 Å². The number of hydrogen-bond acceptors (Lipinski definition) is 5. The second kappa shape index (κ2) is 7.25. The summed E-state index contributed by atoms with van der Waals surface area (Å²) in [6, 6.07) is 10.9. The van der Waals surface area contributed by atoms with Crippen LogP contribution in [0.3, 0.4) is 0 Å². The molecule has 1 amide bonds. The summed E-state index contributed by atoms with van der Waals surface area (Å²) in [5.41, 5.74) is 3.10. The number of amides is 1. The third-order valence-corrected chi connectivity index (χ3v) is 3.96. The molecule has 0 aliphatic heterocycles. The smallest absolute Gasteiger partial charge is 0.257 e. The minimum atomic E-state index is -0.282. The van der Waals surface area contributed by atoms with Crippen molar-refractivity contribution in [2.45, 2.75) is 13.5 Å². The summed E-state index contributed by atoms with van der Waals surface area (Å²) in [7, 11) is 0. The maximum absolute atomic E-state index is 12.6. The van der Waals surface area contributed by atoms with Gasteiger partial charge in [-0.3, -0.25) is 9.78 Å². The van der Waals surface area contributed by atoms with Gasteiger partial charge in [0, 0.05) is 24.8 Å². The maximum Gasteiger partial charge on any atom is 0.257 e. The molecule has 4 rings (SSSR count). The van der Waals surface area contributed by atoms with Gasteiger partial charge in [-0.05, 0) is 48.9 Å². The molecule has 0 aliphatic rings. The van der Waals surface area contributed by atoms with Gasteiger partial charge in [-0.25, -0.2) is 9.97 Å². The molecule has 0 fully saturated rings. The van der Waals surface area contributed by atoms with E-state index in [9.17, 15) is 4.79 Å². The third kappa shape index (κ3) is 3.77. The molecule has 7 heteroatoms. The van der Waals surface area contributed by atoms with E-state index < -0.39 is 0 Å². The summed E-state index contributed by atoms with van der Waals surface area (Å²) in [5, 5.41) is 2.87. The summed E-state index contributed by atoms with van der Waals surface area (Å²) in [6.45, 7) is 2.32. The Morgan fingerprint density at radius 2 is 2.11 bits per heavy atom. The molecule has 0 bridgehead atoms. The van der Waals surface area contributed by atoms with E-state index in [0.29, 0.717) is 17.9 Å². The quantitative estimate of drug-likeness (QED) is 0.592. The second-order valence-electron chi connectivity index (χ2n) is 6.03. The number of nitrogens with one attached hydrogen (secondary N) is 1. The second-order valence-corrected chi connectivity index (χ2v) is 6.03. The fourth-order valence-electron chi connectivity index (χ4n) is 2.65. The van der Waals surface area contributed by atoms with E-state index in [1.165, 1.54) is 0 Å². The highest BCUT2D eigenvalue weighted by Gasteiger charge is 2.15. The molecule has 0 unspecified atom stereocenters. The molecular formula is C20H17N5O2. The number of imidazole rings is 1. The normalized spacial score (nSPS) is 10.7. The van der Waals surface area contributed by atoms with Crippen molar-refractivity contribution in [1.29, 1.82) is 0 Å². The number of aromatic nitrogens is 4. The molecular weight excluding hydrogens is 342 g/mol. The highest BCUT2D eigenvalue weighted by Crippen LogP contribution is 2.21. The van der Waals surface area contributed by atoms with E-state index in [1.807, 2.05) is 35.9 Å². The van der Waals surface area contributed by atoms with Crippen LogP contribution in [0.15, 0.2) is 67.4 Å². The van der Waals surface area contributed by atoms with Gasteiger partial charge in [-0.1, -0.05) is 0 Å². The zero-order chi connectivity index (χ0) is 18.6. The van der Waals surface area contributed by atoms with Crippen molar-refractivity contribution in [2.75, 3.05) is 0 Å². The van der Waals surface area contributed by atoms with Crippen molar-refractivity contribution < 1.29 is 9.53 Å². The highest BCUT2D eigenvalue weighted by molar-refractivity contribution is 5.96. The Kier molecular flexibility index (Phi) is 4.49. The van der Waals surface area contributed by atoms with Crippen molar-refractivity contribution in [3.63, 3.8) is 0 Å². The first-order valence-electron chi connectivity index (χ1n) is 8.44. The van der Waals surface area contributed by atoms with Gasteiger partial charge in [0.15, 0.2) is 0 Å². The lowest BCUT2D eigenvalue weighted by Crippen LogP contribution is -2.23. The van der Waals surface area contributed by atoms with Crippen LogP contribution in [0, 0.1) is 6.92 Å². The summed E-state index contributed by atoms with van der Waals surface area (Å²) in [4.78, 5) is 25.3. The number of pyridine rings is 3. The van der Waals surface area contributed by atoms with Crippen molar-refractivity contribution in [3.8, 4) is 11.6 Å². The fourth-order valence-corrected chi connectivity index (χ4v) is 2.65. The van der Waals surface area contributed by atoms with Gasteiger partial charge in [0.2, 0.25) is 5.88 Å². The van der Waals surface area contributed by atoms with Gasteiger partial charge in [-0.15, -0.1) is 0 Å². The molecule has 27 heavy (non-hydrogen) atoms.